The van der Waals surface area contributed by atoms with Crippen LogP contribution in [0.1, 0.15) is 25.0 Å². The number of anilines is 2. The minimum absolute atomic E-state index is 0.246. The number of carbonyl (C=O) groups excluding carboxylic acids is 1. The van der Waals surface area contributed by atoms with Gasteiger partial charge in [-0.1, -0.05) is 32.0 Å². The molecule has 2 rings (SSSR count). The van der Waals surface area contributed by atoms with Gasteiger partial charge in [-0.3, -0.25) is 10.00 Å². The lowest BCUT2D eigenvalue weighted by molar-refractivity contribution is 0.262. The van der Waals surface area contributed by atoms with Crippen LogP contribution in [-0.2, 0) is 19.9 Å². The SMILES string of the molecule is CCc1cccc(CC)c1NC(=O)Nc1ccnn1C. The van der Waals surface area contributed by atoms with Crippen molar-refractivity contribution in [3.8, 4) is 0 Å². The molecule has 0 saturated heterocycles. The largest absolute Gasteiger partial charge is 0.324 e. The molecule has 5 heteroatoms. The Morgan fingerprint density at radius 3 is 2.30 bits per heavy atom. The molecule has 0 aliphatic carbocycles. The summed E-state index contributed by atoms with van der Waals surface area (Å²) in [4.78, 5) is 12.1. The molecule has 106 valence electrons. The van der Waals surface area contributed by atoms with Crippen LogP contribution < -0.4 is 10.6 Å². The molecule has 0 radical (unpaired) electrons. The van der Waals surface area contributed by atoms with Gasteiger partial charge in [0.2, 0.25) is 0 Å². The number of nitrogens with zero attached hydrogens (tertiary/aromatic N) is 2. The zero-order valence-electron chi connectivity index (χ0n) is 12.1. The van der Waals surface area contributed by atoms with Gasteiger partial charge in [-0.05, 0) is 24.0 Å². The Labute approximate surface area is 119 Å². The summed E-state index contributed by atoms with van der Waals surface area (Å²) in [6.45, 7) is 4.16. The van der Waals surface area contributed by atoms with Crippen LogP contribution in [0.5, 0.6) is 0 Å². The Kier molecular flexibility index (Phi) is 4.40. The highest BCUT2D eigenvalue weighted by atomic mass is 16.2. The van der Waals surface area contributed by atoms with E-state index in [1.54, 1.807) is 24.0 Å². The van der Waals surface area contributed by atoms with Crippen molar-refractivity contribution in [1.82, 2.24) is 9.78 Å². The molecule has 0 fully saturated rings. The molecule has 0 atom stereocenters. The molecule has 2 aromatic rings. The van der Waals surface area contributed by atoms with Crippen molar-refractivity contribution in [2.75, 3.05) is 10.6 Å². The number of hydrogen-bond acceptors (Lipinski definition) is 2. The Balaban J connectivity index is 2.17. The maximum absolute atomic E-state index is 12.1. The number of nitrogens with one attached hydrogen (secondary N) is 2. The van der Waals surface area contributed by atoms with Crippen molar-refractivity contribution in [3.63, 3.8) is 0 Å². The highest BCUT2D eigenvalue weighted by Gasteiger charge is 2.11. The first-order valence-corrected chi connectivity index (χ1v) is 6.82. The minimum atomic E-state index is -0.246. The lowest BCUT2D eigenvalue weighted by Crippen LogP contribution is -2.22. The van der Waals surface area contributed by atoms with Gasteiger partial charge in [0.15, 0.2) is 0 Å². The summed E-state index contributed by atoms with van der Waals surface area (Å²) >= 11 is 0. The van der Waals surface area contributed by atoms with Gasteiger partial charge in [-0.15, -0.1) is 0 Å². The Morgan fingerprint density at radius 1 is 1.15 bits per heavy atom. The van der Waals surface area contributed by atoms with Gasteiger partial charge in [-0.2, -0.15) is 5.10 Å². The van der Waals surface area contributed by atoms with Crippen molar-refractivity contribution in [2.24, 2.45) is 7.05 Å². The number of urea groups is 1. The lowest BCUT2D eigenvalue weighted by atomic mass is 10.0. The van der Waals surface area contributed by atoms with Crippen molar-refractivity contribution in [2.45, 2.75) is 26.7 Å². The predicted molar refractivity (Wildman–Crippen MR) is 81.0 cm³/mol. The van der Waals surface area contributed by atoms with Gasteiger partial charge in [0.05, 0.1) is 6.20 Å². The normalized spacial score (nSPS) is 10.3. The molecular weight excluding hydrogens is 252 g/mol. The van der Waals surface area contributed by atoms with E-state index >= 15 is 0 Å². The Hall–Kier alpha value is -2.30. The molecule has 0 aliphatic heterocycles. The van der Waals surface area contributed by atoms with E-state index in [9.17, 15) is 4.79 Å². The van der Waals surface area contributed by atoms with Crippen LogP contribution in [0.4, 0.5) is 16.3 Å². The zero-order chi connectivity index (χ0) is 14.5. The number of para-hydroxylation sites is 1. The number of hydrogen-bond donors (Lipinski definition) is 2. The first-order valence-electron chi connectivity index (χ1n) is 6.82. The fourth-order valence-corrected chi connectivity index (χ4v) is 2.16. The second-order valence-corrected chi connectivity index (χ2v) is 4.58. The van der Waals surface area contributed by atoms with Gasteiger partial charge in [0, 0.05) is 18.8 Å². The number of aryl methyl sites for hydroxylation is 3. The molecule has 1 aromatic heterocycles. The average molecular weight is 272 g/mol. The van der Waals surface area contributed by atoms with Crippen LogP contribution in [-0.4, -0.2) is 15.8 Å². The van der Waals surface area contributed by atoms with Crippen LogP contribution in [0, 0.1) is 0 Å². The molecular formula is C15H20N4O. The van der Waals surface area contributed by atoms with Crippen LogP contribution in [0.25, 0.3) is 0 Å². The van der Waals surface area contributed by atoms with Gasteiger partial charge in [-0.25, -0.2) is 4.79 Å². The third kappa shape index (κ3) is 2.99. The molecule has 0 bridgehead atoms. The molecule has 0 unspecified atom stereocenters. The summed E-state index contributed by atoms with van der Waals surface area (Å²) in [5.41, 5.74) is 3.20. The molecule has 0 aliphatic rings. The monoisotopic (exact) mass is 272 g/mol. The number of amides is 2. The number of carbonyl (C=O) groups is 1. The molecule has 2 amide bonds. The highest BCUT2D eigenvalue weighted by Crippen LogP contribution is 2.22. The number of rotatable bonds is 4. The fourth-order valence-electron chi connectivity index (χ4n) is 2.16. The van der Waals surface area contributed by atoms with Gasteiger partial charge >= 0.3 is 6.03 Å². The summed E-state index contributed by atoms with van der Waals surface area (Å²) in [6, 6.07) is 7.62. The maximum Gasteiger partial charge on any atom is 0.324 e. The lowest BCUT2D eigenvalue weighted by Gasteiger charge is -2.15. The fraction of sp³-hybridized carbons (Fsp3) is 0.333. The van der Waals surface area contributed by atoms with E-state index in [-0.39, 0.29) is 6.03 Å². The van der Waals surface area contributed by atoms with Crippen LogP contribution >= 0.6 is 0 Å². The minimum Gasteiger partial charge on any atom is -0.307 e. The Bertz CT molecular complexity index is 581. The first kappa shape index (κ1) is 14.1. The summed E-state index contributed by atoms with van der Waals surface area (Å²) < 4.78 is 1.62. The van der Waals surface area contributed by atoms with E-state index in [4.69, 9.17) is 0 Å². The zero-order valence-corrected chi connectivity index (χ0v) is 12.1. The smallest absolute Gasteiger partial charge is 0.307 e. The van der Waals surface area contributed by atoms with E-state index in [1.807, 2.05) is 18.2 Å². The van der Waals surface area contributed by atoms with Gasteiger partial charge in [0.1, 0.15) is 5.82 Å². The average Bonchev–Trinajstić information content (AvgIpc) is 2.84. The van der Waals surface area contributed by atoms with E-state index < -0.39 is 0 Å². The van der Waals surface area contributed by atoms with E-state index in [2.05, 4.69) is 29.6 Å². The highest BCUT2D eigenvalue weighted by molar-refractivity contribution is 6.00. The van der Waals surface area contributed by atoms with Gasteiger partial charge < -0.3 is 5.32 Å². The summed E-state index contributed by atoms with van der Waals surface area (Å²) in [5, 5.41) is 9.77. The molecule has 20 heavy (non-hydrogen) atoms. The van der Waals surface area contributed by atoms with Crippen LogP contribution in [0.15, 0.2) is 30.5 Å². The molecule has 0 saturated carbocycles. The third-order valence-electron chi connectivity index (χ3n) is 3.30. The molecule has 2 N–H and O–H groups in total. The second kappa shape index (κ2) is 6.23. The van der Waals surface area contributed by atoms with E-state index in [0.717, 1.165) is 29.7 Å². The summed E-state index contributed by atoms with van der Waals surface area (Å²) in [7, 11) is 1.78. The van der Waals surface area contributed by atoms with Crippen LogP contribution in [0.3, 0.4) is 0 Å². The van der Waals surface area contributed by atoms with E-state index in [0.29, 0.717) is 5.82 Å². The topological polar surface area (TPSA) is 59.0 Å². The number of benzene rings is 1. The second-order valence-electron chi connectivity index (χ2n) is 4.58. The van der Waals surface area contributed by atoms with Gasteiger partial charge in [0.25, 0.3) is 0 Å². The molecule has 1 heterocycles. The Morgan fingerprint density at radius 2 is 1.80 bits per heavy atom. The van der Waals surface area contributed by atoms with Crippen LogP contribution in [0.2, 0.25) is 0 Å². The summed E-state index contributed by atoms with van der Waals surface area (Å²) in [6.07, 6.45) is 3.41. The van der Waals surface area contributed by atoms with Crippen molar-refractivity contribution in [3.05, 3.63) is 41.6 Å². The first-order chi connectivity index (χ1) is 9.65. The van der Waals surface area contributed by atoms with Crippen molar-refractivity contribution < 1.29 is 4.79 Å². The standard InChI is InChI=1S/C15H20N4O/c1-4-11-7-6-8-12(5-2)14(11)18-15(20)17-13-9-10-16-19(13)3/h6-10H,4-5H2,1-3H3,(H2,17,18,20). The third-order valence-corrected chi connectivity index (χ3v) is 3.30. The van der Waals surface area contributed by atoms with E-state index in [1.165, 1.54) is 0 Å². The maximum atomic E-state index is 12.1. The van der Waals surface area contributed by atoms with Crippen molar-refractivity contribution >= 4 is 17.5 Å². The molecule has 5 nitrogen and oxygen atoms in total. The summed E-state index contributed by atoms with van der Waals surface area (Å²) in [5.74, 6) is 0.662. The predicted octanol–water partition coefficient (Wildman–Crippen LogP) is 3.19. The molecule has 0 spiro atoms. The van der Waals surface area contributed by atoms with Crippen molar-refractivity contribution in [1.29, 1.82) is 0 Å². The number of aromatic nitrogens is 2. The quantitative estimate of drug-likeness (QED) is 0.898. The molecule has 1 aromatic carbocycles.